The Hall–Kier alpha value is -0.930. The van der Waals surface area contributed by atoms with E-state index in [1.165, 1.54) is 0 Å². The molecule has 0 aliphatic rings. The summed E-state index contributed by atoms with van der Waals surface area (Å²) in [5.74, 6) is 0. The van der Waals surface area contributed by atoms with Gasteiger partial charge in [0.05, 0.1) is 5.69 Å². The fraction of sp³-hybridized carbons (Fsp3) is 0.444. The molecule has 3 heteroatoms. The molecule has 0 saturated heterocycles. The molecule has 0 amide bonds. The van der Waals surface area contributed by atoms with E-state index < -0.39 is 0 Å². The molecule has 3 N–H and O–H groups in total. The molecule has 3 nitrogen and oxygen atoms in total. The van der Waals surface area contributed by atoms with Crippen LogP contribution in [0.2, 0.25) is 0 Å². The van der Waals surface area contributed by atoms with Crippen molar-refractivity contribution in [2.24, 2.45) is 5.73 Å². The maximum atomic E-state index is 8.59. The molecule has 66 valence electrons. The standard InChI is InChI=1S/C9H14N2O/c10-8(4-3-7-12)9-5-1-2-6-11-9/h1-2,5-6,8,12H,3-4,7,10H2/t8-/m1/s1. The summed E-state index contributed by atoms with van der Waals surface area (Å²) in [6, 6.07) is 5.64. The van der Waals surface area contributed by atoms with Crippen LogP contribution in [0, 0.1) is 0 Å². The third-order valence-corrected chi connectivity index (χ3v) is 1.74. The van der Waals surface area contributed by atoms with Crippen molar-refractivity contribution in [2.75, 3.05) is 6.61 Å². The number of hydrogen-bond donors (Lipinski definition) is 2. The second-order valence-corrected chi connectivity index (χ2v) is 2.73. The van der Waals surface area contributed by atoms with E-state index in [1.54, 1.807) is 6.20 Å². The summed E-state index contributed by atoms with van der Waals surface area (Å²) in [7, 11) is 0. The van der Waals surface area contributed by atoms with Gasteiger partial charge in [-0.2, -0.15) is 0 Å². The zero-order valence-corrected chi connectivity index (χ0v) is 6.98. The lowest BCUT2D eigenvalue weighted by Gasteiger charge is -2.08. The second kappa shape index (κ2) is 4.85. The van der Waals surface area contributed by atoms with Crippen LogP contribution in [0.4, 0.5) is 0 Å². The summed E-state index contributed by atoms with van der Waals surface area (Å²) in [6.07, 6.45) is 3.25. The minimum Gasteiger partial charge on any atom is -0.396 e. The highest BCUT2D eigenvalue weighted by Gasteiger charge is 2.04. The summed E-state index contributed by atoms with van der Waals surface area (Å²) in [4.78, 5) is 4.12. The Bertz CT molecular complexity index is 213. The van der Waals surface area contributed by atoms with Crippen molar-refractivity contribution in [1.29, 1.82) is 0 Å². The van der Waals surface area contributed by atoms with Crippen LogP contribution in [0.1, 0.15) is 24.6 Å². The van der Waals surface area contributed by atoms with Gasteiger partial charge in [0, 0.05) is 18.8 Å². The Morgan fingerprint density at radius 1 is 1.50 bits per heavy atom. The molecule has 12 heavy (non-hydrogen) atoms. The predicted octanol–water partition coefficient (Wildman–Crippen LogP) is 0.854. The van der Waals surface area contributed by atoms with E-state index in [4.69, 9.17) is 10.8 Å². The van der Waals surface area contributed by atoms with E-state index in [0.717, 1.165) is 18.5 Å². The van der Waals surface area contributed by atoms with Crippen molar-refractivity contribution in [1.82, 2.24) is 4.98 Å². The van der Waals surface area contributed by atoms with Crippen molar-refractivity contribution in [3.05, 3.63) is 30.1 Å². The first-order valence-electron chi connectivity index (χ1n) is 4.12. The minimum atomic E-state index is -0.0432. The SMILES string of the molecule is N[C@H](CCCO)c1ccccn1. The Kier molecular flexibility index (Phi) is 3.70. The quantitative estimate of drug-likeness (QED) is 0.697. The topological polar surface area (TPSA) is 59.1 Å². The van der Waals surface area contributed by atoms with Crippen molar-refractivity contribution < 1.29 is 5.11 Å². The summed E-state index contributed by atoms with van der Waals surface area (Å²) >= 11 is 0. The lowest BCUT2D eigenvalue weighted by molar-refractivity contribution is 0.279. The fourth-order valence-electron chi connectivity index (χ4n) is 1.05. The van der Waals surface area contributed by atoms with Crippen LogP contribution in [0.15, 0.2) is 24.4 Å². The normalized spacial score (nSPS) is 12.8. The third kappa shape index (κ3) is 2.60. The molecule has 1 heterocycles. The van der Waals surface area contributed by atoms with Crippen LogP contribution in [-0.2, 0) is 0 Å². The highest BCUT2D eigenvalue weighted by atomic mass is 16.2. The second-order valence-electron chi connectivity index (χ2n) is 2.73. The van der Waals surface area contributed by atoms with Gasteiger partial charge in [-0.1, -0.05) is 6.07 Å². The van der Waals surface area contributed by atoms with Crippen molar-refractivity contribution in [3.63, 3.8) is 0 Å². The first-order valence-corrected chi connectivity index (χ1v) is 4.12. The number of aliphatic hydroxyl groups is 1. The number of aliphatic hydroxyl groups excluding tert-OH is 1. The summed E-state index contributed by atoms with van der Waals surface area (Å²) in [5.41, 5.74) is 6.70. The Labute approximate surface area is 72.2 Å². The maximum Gasteiger partial charge on any atom is 0.0570 e. The van der Waals surface area contributed by atoms with E-state index in [-0.39, 0.29) is 12.6 Å². The third-order valence-electron chi connectivity index (χ3n) is 1.74. The van der Waals surface area contributed by atoms with Gasteiger partial charge in [0.15, 0.2) is 0 Å². The van der Waals surface area contributed by atoms with Gasteiger partial charge in [0.1, 0.15) is 0 Å². The van der Waals surface area contributed by atoms with Gasteiger partial charge < -0.3 is 10.8 Å². The largest absolute Gasteiger partial charge is 0.396 e. The molecule has 1 rings (SSSR count). The molecule has 1 aromatic rings. The van der Waals surface area contributed by atoms with Gasteiger partial charge in [-0.25, -0.2) is 0 Å². The van der Waals surface area contributed by atoms with Crippen molar-refractivity contribution in [2.45, 2.75) is 18.9 Å². The lowest BCUT2D eigenvalue weighted by Crippen LogP contribution is -2.12. The van der Waals surface area contributed by atoms with Gasteiger partial charge in [-0.3, -0.25) is 4.98 Å². The van der Waals surface area contributed by atoms with E-state index in [2.05, 4.69) is 4.98 Å². The molecule has 0 unspecified atom stereocenters. The van der Waals surface area contributed by atoms with E-state index in [9.17, 15) is 0 Å². The number of nitrogens with zero attached hydrogens (tertiary/aromatic N) is 1. The lowest BCUT2D eigenvalue weighted by atomic mass is 10.1. The fourth-order valence-corrected chi connectivity index (χ4v) is 1.05. The number of rotatable bonds is 4. The molecule has 1 atom stereocenters. The molecule has 0 radical (unpaired) electrons. The Balaban J connectivity index is 2.48. The molecular weight excluding hydrogens is 152 g/mol. The van der Waals surface area contributed by atoms with Crippen LogP contribution in [0.5, 0.6) is 0 Å². The molecule has 1 aromatic heterocycles. The Morgan fingerprint density at radius 3 is 2.92 bits per heavy atom. The molecule has 0 fully saturated rings. The zero-order valence-electron chi connectivity index (χ0n) is 6.98. The van der Waals surface area contributed by atoms with Crippen LogP contribution >= 0.6 is 0 Å². The minimum absolute atomic E-state index is 0.0432. The molecule has 0 aromatic carbocycles. The number of aromatic nitrogens is 1. The van der Waals surface area contributed by atoms with Crippen LogP contribution in [-0.4, -0.2) is 16.7 Å². The highest BCUT2D eigenvalue weighted by Crippen LogP contribution is 2.11. The highest BCUT2D eigenvalue weighted by molar-refractivity contribution is 5.07. The first-order chi connectivity index (χ1) is 5.84. The van der Waals surface area contributed by atoms with Gasteiger partial charge >= 0.3 is 0 Å². The van der Waals surface area contributed by atoms with E-state index in [0.29, 0.717) is 0 Å². The number of pyridine rings is 1. The average molecular weight is 166 g/mol. The smallest absolute Gasteiger partial charge is 0.0570 e. The van der Waals surface area contributed by atoms with Crippen LogP contribution < -0.4 is 5.73 Å². The van der Waals surface area contributed by atoms with Crippen LogP contribution in [0.3, 0.4) is 0 Å². The predicted molar refractivity (Wildman–Crippen MR) is 47.5 cm³/mol. The molecule has 0 aliphatic heterocycles. The molecule has 0 spiro atoms. The molecule has 0 bridgehead atoms. The van der Waals surface area contributed by atoms with Gasteiger partial charge in [-0.15, -0.1) is 0 Å². The molecule has 0 saturated carbocycles. The summed E-state index contributed by atoms with van der Waals surface area (Å²) < 4.78 is 0. The van der Waals surface area contributed by atoms with E-state index >= 15 is 0 Å². The zero-order chi connectivity index (χ0) is 8.81. The van der Waals surface area contributed by atoms with E-state index in [1.807, 2.05) is 18.2 Å². The summed E-state index contributed by atoms with van der Waals surface area (Å²) in [6.45, 7) is 0.195. The number of hydrogen-bond acceptors (Lipinski definition) is 3. The number of nitrogens with two attached hydrogens (primary N) is 1. The van der Waals surface area contributed by atoms with Gasteiger partial charge in [0.2, 0.25) is 0 Å². The molecule has 0 aliphatic carbocycles. The maximum absolute atomic E-state index is 8.59. The Morgan fingerprint density at radius 2 is 2.33 bits per heavy atom. The monoisotopic (exact) mass is 166 g/mol. The van der Waals surface area contributed by atoms with Crippen molar-refractivity contribution >= 4 is 0 Å². The van der Waals surface area contributed by atoms with Gasteiger partial charge in [-0.05, 0) is 25.0 Å². The average Bonchev–Trinajstić information content (AvgIpc) is 2.15. The van der Waals surface area contributed by atoms with Crippen LogP contribution in [0.25, 0.3) is 0 Å². The van der Waals surface area contributed by atoms with Crippen molar-refractivity contribution in [3.8, 4) is 0 Å². The first kappa shape index (κ1) is 9.16. The summed E-state index contributed by atoms with van der Waals surface area (Å²) in [5, 5.41) is 8.59. The molecular formula is C9H14N2O. The van der Waals surface area contributed by atoms with Gasteiger partial charge in [0.25, 0.3) is 0 Å².